The lowest BCUT2D eigenvalue weighted by molar-refractivity contribution is -0.136. The van der Waals surface area contributed by atoms with Gasteiger partial charge in [0, 0.05) is 25.8 Å². The van der Waals surface area contributed by atoms with Crippen LogP contribution in [0.15, 0.2) is 23.2 Å². The average molecular weight is 356 g/mol. The van der Waals surface area contributed by atoms with E-state index in [1.54, 1.807) is 16.2 Å². The van der Waals surface area contributed by atoms with Gasteiger partial charge in [-0.2, -0.15) is 0 Å². The van der Waals surface area contributed by atoms with Crippen molar-refractivity contribution in [3.63, 3.8) is 0 Å². The fourth-order valence-electron chi connectivity index (χ4n) is 3.53. The smallest absolute Gasteiger partial charge is 0.236 e. The van der Waals surface area contributed by atoms with Crippen molar-refractivity contribution in [2.75, 3.05) is 33.7 Å². The summed E-state index contributed by atoms with van der Waals surface area (Å²) >= 11 is 1.74. The summed E-state index contributed by atoms with van der Waals surface area (Å²) in [5, 5.41) is 1.09. The van der Waals surface area contributed by atoms with Crippen LogP contribution in [0.1, 0.15) is 36.4 Å². The second kappa shape index (κ2) is 6.50. The van der Waals surface area contributed by atoms with Crippen molar-refractivity contribution in [2.24, 2.45) is 10.9 Å². The SMILES string of the molecule is C[C@H]1CCC(c2ccc3sc(C4CN(C)C(=O)CN4C)nc3c2)=NC1. The van der Waals surface area contributed by atoms with Gasteiger partial charge in [0.25, 0.3) is 0 Å². The monoisotopic (exact) mass is 356 g/mol. The lowest BCUT2D eigenvalue weighted by Gasteiger charge is -2.35. The number of nitrogens with zero attached hydrogens (tertiary/aromatic N) is 4. The van der Waals surface area contributed by atoms with E-state index in [-0.39, 0.29) is 11.9 Å². The number of fused-ring (bicyclic) bond motifs is 1. The van der Waals surface area contributed by atoms with E-state index in [0.717, 1.165) is 23.5 Å². The third-order valence-corrected chi connectivity index (χ3v) is 6.42. The Morgan fingerprint density at radius 1 is 1.28 bits per heavy atom. The molecule has 4 rings (SSSR count). The molecule has 1 aromatic carbocycles. The quantitative estimate of drug-likeness (QED) is 0.831. The maximum absolute atomic E-state index is 11.9. The van der Waals surface area contributed by atoms with Gasteiger partial charge in [-0.3, -0.25) is 14.7 Å². The molecule has 0 N–H and O–H groups in total. The number of aromatic nitrogens is 1. The van der Waals surface area contributed by atoms with Crippen LogP contribution >= 0.6 is 11.3 Å². The van der Waals surface area contributed by atoms with E-state index in [9.17, 15) is 4.79 Å². The molecule has 0 spiro atoms. The van der Waals surface area contributed by atoms with Gasteiger partial charge >= 0.3 is 0 Å². The van der Waals surface area contributed by atoms with E-state index < -0.39 is 0 Å². The van der Waals surface area contributed by atoms with Crippen LogP contribution in [0.2, 0.25) is 0 Å². The van der Waals surface area contributed by atoms with Crippen molar-refractivity contribution >= 4 is 33.2 Å². The molecule has 25 heavy (non-hydrogen) atoms. The molecule has 2 aromatic rings. The Morgan fingerprint density at radius 3 is 2.88 bits per heavy atom. The summed E-state index contributed by atoms with van der Waals surface area (Å²) in [6.45, 7) is 4.35. The summed E-state index contributed by atoms with van der Waals surface area (Å²) in [4.78, 5) is 25.4. The molecule has 1 saturated heterocycles. The summed E-state index contributed by atoms with van der Waals surface area (Å²) in [7, 11) is 3.88. The fraction of sp³-hybridized carbons (Fsp3) is 0.526. The maximum Gasteiger partial charge on any atom is 0.236 e. The highest BCUT2D eigenvalue weighted by Gasteiger charge is 2.30. The van der Waals surface area contributed by atoms with Crippen molar-refractivity contribution in [3.8, 4) is 0 Å². The Labute approximate surface area is 152 Å². The van der Waals surface area contributed by atoms with Crippen molar-refractivity contribution in [1.29, 1.82) is 0 Å². The minimum Gasteiger partial charge on any atom is -0.343 e. The normalized spacial score (nSPS) is 25.5. The van der Waals surface area contributed by atoms with Crippen LogP contribution < -0.4 is 0 Å². The molecule has 1 fully saturated rings. The van der Waals surface area contributed by atoms with Crippen molar-refractivity contribution < 1.29 is 4.79 Å². The first-order valence-electron chi connectivity index (χ1n) is 8.89. The van der Waals surface area contributed by atoms with Gasteiger partial charge in [-0.15, -0.1) is 11.3 Å². The second-order valence-corrected chi connectivity index (χ2v) is 8.43. The molecule has 3 heterocycles. The standard InChI is InChI=1S/C19H24N4OS/c1-12-4-6-14(20-9-12)13-5-7-17-15(8-13)21-19(25-17)16-10-23(3)18(24)11-22(16)2/h5,7-8,12,16H,4,6,9-11H2,1-3H3/t12-,16?/m0/s1. The summed E-state index contributed by atoms with van der Waals surface area (Å²) in [5.41, 5.74) is 3.47. The molecule has 1 amide bonds. The predicted octanol–water partition coefficient (Wildman–Crippen LogP) is 2.96. The van der Waals surface area contributed by atoms with Crippen LogP contribution in [0.5, 0.6) is 0 Å². The number of aliphatic imine (C=N–C) groups is 1. The van der Waals surface area contributed by atoms with Crippen LogP contribution in [-0.2, 0) is 4.79 Å². The summed E-state index contributed by atoms with van der Waals surface area (Å²) in [6.07, 6.45) is 2.27. The number of amides is 1. The molecule has 132 valence electrons. The number of carbonyl (C=O) groups is 1. The van der Waals surface area contributed by atoms with E-state index in [2.05, 4.69) is 30.0 Å². The van der Waals surface area contributed by atoms with Gasteiger partial charge < -0.3 is 4.90 Å². The first-order valence-corrected chi connectivity index (χ1v) is 9.71. The molecular formula is C19H24N4OS. The Bertz CT molecular complexity index is 843. The highest BCUT2D eigenvalue weighted by Crippen LogP contribution is 2.32. The van der Waals surface area contributed by atoms with E-state index in [1.807, 2.05) is 14.1 Å². The van der Waals surface area contributed by atoms with E-state index in [4.69, 9.17) is 9.98 Å². The molecule has 1 unspecified atom stereocenters. The molecular weight excluding hydrogens is 332 g/mol. The molecule has 0 bridgehead atoms. The number of thiazole rings is 1. The number of rotatable bonds is 2. The third kappa shape index (κ3) is 3.20. The summed E-state index contributed by atoms with van der Waals surface area (Å²) in [6, 6.07) is 6.71. The van der Waals surface area contributed by atoms with Gasteiger partial charge in [-0.25, -0.2) is 4.98 Å². The first-order chi connectivity index (χ1) is 12.0. The van der Waals surface area contributed by atoms with Gasteiger partial charge in [0.05, 0.1) is 22.8 Å². The fourth-order valence-corrected chi connectivity index (χ4v) is 4.64. The molecule has 2 atom stereocenters. The number of carbonyl (C=O) groups excluding carboxylic acids is 1. The molecule has 0 radical (unpaired) electrons. The number of hydrogen-bond acceptors (Lipinski definition) is 5. The van der Waals surface area contributed by atoms with Gasteiger partial charge in [0.2, 0.25) is 5.91 Å². The highest BCUT2D eigenvalue weighted by molar-refractivity contribution is 7.18. The van der Waals surface area contributed by atoms with Crippen molar-refractivity contribution in [2.45, 2.75) is 25.8 Å². The molecule has 2 aliphatic rings. The second-order valence-electron chi connectivity index (χ2n) is 7.37. The van der Waals surface area contributed by atoms with Gasteiger partial charge in [-0.1, -0.05) is 13.0 Å². The molecule has 2 aliphatic heterocycles. The third-order valence-electron chi connectivity index (χ3n) is 5.28. The van der Waals surface area contributed by atoms with Crippen molar-refractivity contribution in [3.05, 3.63) is 28.8 Å². The lowest BCUT2D eigenvalue weighted by atomic mass is 9.96. The van der Waals surface area contributed by atoms with Crippen LogP contribution in [-0.4, -0.2) is 60.1 Å². The van der Waals surface area contributed by atoms with Crippen molar-refractivity contribution in [1.82, 2.24) is 14.8 Å². The molecule has 1 aromatic heterocycles. The largest absolute Gasteiger partial charge is 0.343 e. The van der Waals surface area contributed by atoms with Gasteiger partial charge in [0.1, 0.15) is 5.01 Å². The first kappa shape index (κ1) is 16.7. The minimum absolute atomic E-state index is 0.173. The zero-order valence-corrected chi connectivity index (χ0v) is 15.8. The zero-order chi connectivity index (χ0) is 17.6. The lowest BCUT2D eigenvalue weighted by Crippen LogP contribution is -2.48. The number of hydrogen-bond donors (Lipinski definition) is 0. The topological polar surface area (TPSA) is 48.8 Å². The summed E-state index contributed by atoms with van der Waals surface area (Å²) in [5.74, 6) is 0.867. The number of likely N-dealkylation sites (N-methyl/N-ethyl adjacent to an activating group) is 2. The predicted molar refractivity (Wildman–Crippen MR) is 102 cm³/mol. The number of piperazine rings is 1. The molecule has 6 heteroatoms. The van der Waals surface area contributed by atoms with E-state index >= 15 is 0 Å². The van der Waals surface area contributed by atoms with Crippen LogP contribution in [0, 0.1) is 5.92 Å². The van der Waals surface area contributed by atoms with Crippen LogP contribution in [0.3, 0.4) is 0 Å². The minimum atomic E-state index is 0.173. The molecule has 0 aliphatic carbocycles. The Hall–Kier alpha value is -1.79. The molecule has 5 nitrogen and oxygen atoms in total. The van der Waals surface area contributed by atoms with E-state index in [1.165, 1.54) is 22.4 Å². The Morgan fingerprint density at radius 2 is 2.12 bits per heavy atom. The number of benzene rings is 1. The van der Waals surface area contributed by atoms with E-state index in [0.29, 0.717) is 19.0 Å². The average Bonchev–Trinajstić information content (AvgIpc) is 3.01. The maximum atomic E-state index is 11.9. The van der Waals surface area contributed by atoms with Crippen LogP contribution in [0.4, 0.5) is 0 Å². The highest BCUT2D eigenvalue weighted by atomic mass is 32.1. The van der Waals surface area contributed by atoms with Gasteiger partial charge in [-0.05, 0) is 43.5 Å². The zero-order valence-electron chi connectivity index (χ0n) is 15.0. The van der Waals surface area contributed by atoms with Crippen LogP contribution in [0.25, 0.3) is 10.2 Å². The summed E-state index contributed by atoms with van der Waals surface area (Å²) < 4.78 is 1.21. The van der Waals surface area contributed by atoms with Gasteiger partial charge in [0.15, 0.2) is 0 Å². The Balaban J connectivity index is 1.63. The molecule has 0 saturated carbocycles. The Kier molecular flexibility index (Phi) is 4.33.